The van der Waals surface area contributed by atoms with Gasteiger partial charge in [-0.3, -0.25) is 0 Å². The van der Waals surface area contributed by atoms with E-state index in [9.17, 15) is 13.2 Å². The van der Waals surface area contributed by atoms with Gasteiger partial charge in [-0.05, 0) is 18.2 Å². The molecule has 0 saturated carbocycles. The Morgan fingerprint density at radius 3 is 2.21 bits per heavy atom. The highest BCUT2D eigenvalue weighted by molar-refractivity contribution is 5.56. The van der Waals surface area contributed by atoms with E-state index in [4.69, 9.17) is 17.2 Å². The zero-order valence-corrected chi connectivity index (χ0v) is 7.18. The van der Waals surface area contributed by atoms with Crippen molar-refractivity contribution < 1.29 is 13.2 Å². The third-order valence-corrected chi connectivity index (χ3v) is 1.80. The predicted molar refractivity (Wildman–Crippen MR) is 48.3 cm³/mol. The van der Waals surface area contributed by atoms with Gasteiger partial charge in [-0.25, -0.2) is 0 Å². The lowest BCUT2D eigenvalue weighted by Gasteiger charge is -2.17. The molecule has 0 aromatic heterocycles. The Kier molecular flexibility index (Phi) is 2.57. The molecule has 0 radical (unpaired) electrons. The molecular formula is C8H10F3N3. The quantitative estimate of drug-likeness (QED) is 0.606. The van der Waals surface area contributed by atoms with Crippen LogP contribution in [0.2, 0.25) is 0 Å². The van der Waals surface area contributed by atoms with Gasteiger partial charge in [0.2, 0.25) is 0 Å². The maximum Gasteiger partial charge on any atom is 0.407 e. The normalized spacial score (nSPS) is 14.0. The molecule has 1 rings (SSSR count). The topological polar surface area (TPSA) is 78.1 Å². The van der Waals surface area contributed by atoms with Crippen molar-refractivity contribution in [3.63, 3.8) is 0 Å². The van der Waals surface area contributed by atoms with Crippen molar-refractivity contribution in [1.82, 2.24) is 0 Å². The lowest BCUT2D eigenvalue weighted by molar-refractivity contribution is -0.149. The summed E-state index contributed by atoms with van der Waals surface area (Å²) in [7, 11) is 0. The number of anilines is 2. The standard InChI is InChI=1S/C8H10F3N3/c9-8(10,11)7(14)5-3-4(12)1-2-6(5)13/h1-3,7H,12-14H2. The predicted octanol–water partition coefficient (Wildman–Crippen LogP) is 1.41. The van der Waals surface area contributed by atoms with Crippen LogP contribution in [0.25, 0.3) is 0 Å². The van der Waals surface area contributed by atoms with E-state index in [1.54, 1.807) is 0 Å². The number of hydrogen-bond donors (Lipinski definition) is 3. The number of hydrogen-bond acceptors (Lipinski definition) is 3. The van der Waals surface area contributed by atoms with Crippen molar-refractivity contribution in [3.8, 4) is 0 Å². The number of halogens is 3. The highest BCUT2D eigenvalue weighted by Gasteiger charge is 2.38. The summed E-state index contributed by atoms with van der Waals surface area (Å²) in [6, 6.07) is 1.76. The van der Waals surface area contributed by atoms with Crippen LogP contribution in [-0.4, -0.2) is 6.18 Å². The van der Waals surface area contributed by atoms with Crippen molar-refractivity contribution in [3.05, 3.63) is 23.8 Å². The number of rotatable bonds is 1. The zero-order valence-electron chi connectivity index (χ0n) is 7.18. The first-order valence-electron chi connectivity index (χ1n) is 3.79. The van der Waals surface area contributed by atoms with Gasteiger partial charge in [-0.2, -0.15) is 13.2 Å². The summed E-state index contributed by atoms with van der Waals surface area (Å²) in [4.78, 5) is 0. The summed E-state index contributed by atoms with van der Waals surface area (Å²) < 4.78 is 36.7. The smallest absolute Gasteiger partial charge is 0.399 e. The third-order valence-electron chi connectivity index (χ3n) is 1.80. The molecule has 0 saturated heterocycles. The van der Waals surface area contributed by atoms with Gasteiger partial charge in [-0.1, -0.05) is 0 Å². The first kappa shape index (κ1) is 10.6. The van der Waals surface area contributed by atoms with E-state index >= 15 is 0 Å². The van der Waals surface area contributed by atoms with Gasteiger partial charge in [0.1, 0.15) is 6.04 Å². The van der Waals surface area contributed by atoms with Crippen molar-refractivity contribution in [2.75, 3.05) is 11.5 Å². The molecule has 6 N–H and O–H groups in total. The molecular weight excluding hydrogens is 195 g/mol. The average Bonchev–Trinajstić information content (AvgIpc) is 2.06. The fraction of sp³-hybridized carbons (Fsp3) is 0.250. The van der Waals surface area contributed by atoms with E-state index < -0.39 is 12.2 Å². The van der Waals surface area contributed by atoms with Gasteiger partial charge in [0, 0.05) is 16.9 Å². The molecule has 0 amide bonds. The molecule has 0 aliphatic heterocycles. The molecule has 0 fully saturated rings. The van der Waals surface area contributed by atoms with Crippen molar-refractivity contribution in [2.24, 2.45) is 5.73 Å². The van der Waals surface area contributed by atoms with E-state index in [2.05, 4.69) is 0 Å². The van der Waals surface area contributed by atoms with Crippen LogP contribution in [0.3, 0.4) is 0 Å². The van der Waals surface area contributed by atoms with E-state index in [1.807, 2.05) is 0 Å². The Morgan fingerprint density at radius 2 is 1.71 bits per heavy atom. The van der Waals surface area contributed by atoms with Gasteiger partial charge in [0.25, 0.3) is 0 Å². The maximum atomic E-state index is 12.2. The molecule has 1 atom stereocenters. The zero-order chi connectivity index (χ0) is 10.9. The van der Waals surface area contributed by atoms with Crippen LogP contribution in [0.5, 0.6) is 0 Å². The molecule has 1 unspecified atom stereocenters. The van der Waals surface area contributed by atoms with Crippen molar-refractivity contribution in [1.29, 1.82) is 0 Å². The second-order valence-electron chi connectivity index (χ2n) is 2.91. The summed E-state index contributed by atoms with van der Waals surface area (Å²) in [6.07, 6.45) is -4.51. The SMILES string of the molecule is Nc1ccc(N)c(C(N)C(F)(F)F)c1. The van der Waals surface area contributed by atoms with E-state index in [1.165, 1.54) is 12.1 Å². The van der Waals surface area contributed by atoms with Gasteiger partial charge in [0.05, 0.1) is 0 Å². The van der Waals surface area contributed by atoms with Crippen LogP contribution < -0.4 is 17.2 Å². The summed E-state index contributed by atoms with van der Waals surface area (Å²) in [6.45, 7) is 0. The number of nitrogen functional groups attached to an aromatic ring is 2. The maximum absolute atomic E-state index is 12.2. The van der Waals surface area contributed by atoms with Crippen molar-refractivity contribution in [2.45, 2.75) is 12.2 Å². The molecule has 0 heterocycles. The van der Waals surface area contributed by atoms with Crippen LogP contribution in [0.15, 0.2) is 18.2 Å². The molecule has 0 bridgehead atoms. The van der Waals surface area contributed by atoms with Crippen molar-refractivity contribution >= 4 is 11.4 Å². The number of nitrogens with two attached hydrogens (primary N) is 3. The van der Waals surface area contributed by atoms with Crippen LogP contribution >= 0.6 is 0 Å². The Hall–Kier alpha value is -1.43. The van der Waals surface area contributed by atoms with E-state index in [0.29, 0.717) is 0 Å². The molecule has 0 aliphatic rings. The summed E-state index contributed by atoms with van der Waals surface area (Å²) >= 11 is 0. The average molecular weight is 205 g/mol. The molecule has 6 heteroatoms. The van der Waals surface area contributed by atoms with Crippen LogP contribution in [0.4, 0.5) is 24.5 Å². The Labute approximate surface area is 78.7 Å². The van der Waals surface area contributed by atoms with E-state index in [0.717, 1.165) is 6.07 Å². The molecule has 0 aliphatic carbocycles. The Balaban J connectivity index is 3.12. The Bertz CT molecular complexity index is 335. The lowest BCUT2D eigenvalue weighted by Crippen LogP contribution is -2.29. The minimum Gasteiger partial charge on any atom is -0.399 e. The minimum atomic E-state index is -4.51. The fourth-order valence-corrected chi connectivity index (χ4v) is 1.04. The lowest BCUT2D eigenvalue weighted by atomic mass is 10.0. The Morgan fingerprint density at radius 1 is 1.14 bits per heavy atom. The minimum absolute atomic E-state index is 0.0102. The van der Waals surface area contributed by atoms with Gasteiger partial charge in [0.15, 0.2) is 0 Å². The van der Waals surface area contributed by atoms with Crippen LogP contribution in [-0.2, 0) is 0 Å². The molecule has 0 spiro atoms. The first-order chi connectivity index (χ1) is 6.32. The summed E-state index contributed by atoms with van der Waals surface area (Å²) in [5, 5.41) is 0. The molecule has 1 aromatic carbocycles. The molecule has 14 heavy (non-hydrogen) atoms. The highest BCUT2D eigenvalue weighted by Crippen LogP contribution is 2.33. The highest BCUT2D eigenvalue weighted by atomic mass is 19.4. The van der Waals surface area contributed by atoms with Gasteiger partial charge in [-0.15, -0.1) is 0 Å². The number of benzene rings is 1. The number of alkyl halides is 3. The molecule has 78 valence electrons. The first-order valence-corrected chi connectivity index (χ1v) is 3.79. The summed E-state index contributed by atoms with van der Waals surface area (Å²) in [5.74, 6) is 0. The van der Waals surface area contributed by atoms with Crippen LogP contribution in [0.1, 0.15) is 11.6 Å². The van der Waals surface area contributed by atoms with E-state index in [-0.39, 0.29) is 16.9 Å². The monoisotopic (exact) mass is 205 g/mol. The van der Waals surface area contributed by atoms with Gasteiger partial charge >= 0.3 is 6.18 Å². The fourth-order valence-electron chi connectivity index (χ4n) is 1.04. The second kappa shape index (κ2) is 3.38. The van der Waals surface area contributed by atoms with Gasteiger partial charge < -0.3 is 17.2 Å². The summed E-state index contributed by atoms with van der Waals surface area (Å²) in [5.41, 5.74) is 15.7. The molecule has 3 nitrogen and oxygen atoms in total. The third kappa shape index (κ3) is 2.08. The second-order valence-corrected chi connectivity index (χ2v) is 2.91. The largest absolute Gasteiger partial charge is 0.407 e. The van der Waals surface area contributed by atoms with Crippen LogP contribution in [0, 0.1) is 0 Å². The molecule has 1 aromatic rings.